The van der Waals surface area contributed by atoms with Crippen LogP contribution in [-0.4, -0.2) is 63.1 Å². The fourth-order valence-corrected chi connectivity index (χ4v) is 4.57. The van der Waals surface area contributed by atoms with Gasteiger partial charge < -0.3 is 19.9 Å². The van der Waals surface area contributed by atoms with Gasteiger partial charge in [-0.15, -0.1) is 0 Å². The molecule has 0 spiro atoms. The molecule has 0 aromatic heterocycles. The normalized spacial score (nSPS) is 15.5. The van der Waals surface area contributed by atoms with Gasteiger partial charge in [0.1, 0.15) is 27.3 Å². The topological polar surface area (TPSA) is 44.8 Å². The number of carbonyl (C=O) groups is 1. The second-order valence-electron chi connectivity index (χ2n) is 10.6. The summed E-state index contributed by atoms with van der Waals surface area (Å²) in [6.45, 7) is 8.80. The zero-order chi connectivity index (χ0) is 26.3. The Morgan fingerprint density at radius 2 is 1.67 bits per heavy atom. The summed E-state index contributed by atoms with van der Waals surface area (Å²) in [4.78, 5) is 17.4. The number of halogens is 1. The molecular weight excluding hydrogens is 451 g/mol. The first kappa shape index (κ1) is 28.1. The fourth-order valence-electron chi connectivity index (χ4n) is 4.57. The first-order chi connectivity index (χ1) is 17.0. The first-order valence-corrected chi connectivity index (χ1v) is 12.8. The maximum atomic E-state index is 13.4. The SMILES string of the molecule is [B]C([B])(Oc1ccc(CNC(=O)N(Cc2ccc(F)cc2)C2CCN(C)CC2)cc1)C(C)(C)CCC. The van der Waals surface area contributed by atoms with Crippen LogP contribution in [0.2, 0.25) is 0 Å². The molecule has 190 valence electrons. The van der Waals surface area contributed by atoms with Crippen molar-refractivity contribution in [2.45, 2.75) is 71.0 Å². The maximum absolute atomic E-state index is 13.4. The number of piperidine rings is 1. The molecule has 5 nitrogen and oxygen atoms in total. The summed E-state index contributed by atoms with van der Waals surface area (Å²) >= 11 is 0. The van der Waals surface area contributed by atoms with Crippen LogP contribution in [0.3, 0.4) is 0 Å². The second kappa shape index (κ2) is 12.2. The molecule has 1 fully saturated rings. The van der Waals surface area contributed by atoms with Gasteiger partial charge in [0.15, 0.2) is 0 Å². The largest absolute Gasteiger partial charge is 0.506 e. The number of rotatable bonds is 10. The highest BCUT2D eigenvalue weighted by Gasteiger charge is 2.37. The summed E-state index contributed by atoms with van der Waals surface area (Å²) in [6.07, 6.45) is 3.62. The standard InChI is InChI=1S/C28H38B2FN3O2/c1-5-16-27(2,3)28(29,30)36-25-12-8-21(9-13-25)19-32-26(35)34(24-14-17-33(4)18-15-24)20-22-6-10-23(31)11-7-22/h6-13,24H,5,14-20H2,1-4H3,(H,32,35). The van der Waals surface area contributed by atoms with Crippen LogP contribution in [0.4, 0.5) is 9.18 Å². The molecule has 2 aromatic rings. The van der Waals surface area contributed by atoms with Gasteiger partial charge in [-0.05, 0) is 80.2 Å². The Labute approximate surface area is 218 Å². The molecule has 2 aromatic carbocycles. The molecule has 0 bridgehead atoms. The van der Waals surface area contributed by atoms with E-state index in [1.165, 1.54) is 12.1 Å². The van der Waals surface area contributed by atoms with Crippen LogP contribution < -0.4 is 10.1 Å². The van der Waals surface area contributed by atoms with E-state index < -0.39 is 10.8 Å². The van der Waals surface area contributed by atoms with E-state index in [9.17, 15) is 9.18 Å². The summed E-state index contributed by atoms with van der Waals surface area (Å²) in [5, 5.41) is 1.76. The molecule has 8 heteroatoms. The van der Waals surface area contributed by atoms with Crippen molar-refractivity contribution in [1.82, 2.24) is 15.1 Å². The zero-order valence-electron chi connectivity index (χ0n) is 22.1. The molecule has 1 aliphatic heterocycles. The Hall–Kier alpha value is -2.47. The van der Waals surface area contributed by atoms with E-state index in [1.54, 1.807) is 12.1 Å². The van der Waals surface area contributed by atoms with Crippen LogP contribution in [0.1, 0.15) is 57.6 Å². The molecule has 0 atom stereocenters. The van der Waals surface area contributed by atoms with Crippen LogP contribution in [0.15, 0.2) is 48.5 Å². The monoisotopic (exact) mass is 489 g/mol. The molecule has 0 unspecified atom stereocenters. The molecule has 1 saturated heterocycles. The molecule has 36 heavy (non-hydrogen) atoms. The summed E-state index contributed by atoms with van der Waals surface area (Å²) < 4.78 is 19.3. The first-order valence-electron chi connectivity index (χ1n) is 12.8. The molecule has 4 radical (unpaired) electrons. The third kappa shape index (κ3) is 7.52. The van der Waals surface area contributed by atoms with Gasteiger partial charge in [0.05, 0.1) is 0 Å². The number of ether oxygens (including phenoxy) is 1. The molecule has 0 aliphatic carbocycles. The van der Waals surface area contributed by atoms with Crippen molar-refractivity contribution in [2.24, 2.45) is 5.41 Å². The van der Waals surface area contributed by atoms with E-state index in [-0.39, 0.29) is 17.9 Å². The third-order valence-electron chi connectivity index (χ3n) is 7.24. The van der Waals surface area contributed by atoms with Gasteiger partial charge in [0.25, 0.3) is 0 Å². The molecule has 1 N–H and O–H groups in total. The van der Waals surface area contributed by atoms with E-state index in [4.69, 9.17) is 20.4 Å². The van der Waals surface area contributed by atoms with Crippen molar-refractivity contribution in [2.75, 3.05) is 20.1 Å². The third-order valence-corrected chi connectivity index (χ3v) is 7.24. The minimum absolute atomic E-state index is 0.126. The lowest BCUT2D eigenvalue weighted by Crippen LogP contribution is -2.51. The minimum Gasteiger partial charge on any atom is -0.506 e. The number of amides is 2. The van der Waals surface area contributed by atoms with Crippen LogP contribution in [-0.2, 0) is 13.1 Å². The number of benzene rings is 2. The number of urea groups is 1. The molecular formula is C28H38B2FN3O2. The Balaban J connectivity index is 1.63. The highest BCUT2D eigenvalue weighted by Crippen LogP contribution is 2.35. The van der Waals surface area contributed by atoms with Gasteiger partial charge >= 0.3 is 6.03 Å². The van der Waals surface area contributed by atoms with Gasteiger partial charge in [-0.25, -0.2) is 9.18 Å². The van der Waals surface area contributed by atoms with E-state index in [2.05, 4.69) is 24.2 Å². The van der Waals surface area contributed by atoms with Crippen molar-refractivity contribution in [3.05, 3.63) is 65.5 Å². The van der Waals surface area contributed by atoms with Gasteiger partial charge in [-0.1, -0.05) is 51.5 Å². The highest BCUT2D eigenvalue weighted by molar-refractivity contribution is 6.39. The molecule has 2 amide bonds. The minimum atomic E-state index is -1.30. The van der Waals surface area contributed by atoms with Crippen LogP contribution in [0.25, 0.3) is 0 Å². The van der Waals surface area contributed by atoms with Crippen LogP contribution in [0.5, 0.6) is 5.75 Å². The lowest BCUT2D eigenvalue weighted by molar-refractivity contribution is 0.0943. The number of nitrogens with one attached hydrogen (secondary N) is 1. The highest BCUT2D eigenvalue weighted by atomic mass is 19.1. The smallest absolute Gasteiger partial charge is 0.318 e. The lowest BCUT2D eigenvalue weighted by atomic mass is 9.50. The molecule has 1 aliphatic rings. The quantitative estimate of drug-likeness (QED) is 0.487. The lowest BCUT2D eigenvalue weighted by Gasteiger charge is -2.43. The average Bonchev–Trinajstić information content (AvgIpc) is 2.83. The Kier molecular flexibility index (Phi) is 9.51. The molecule has 3 rings (SSSR count). The van der Waals surface area contributed by atoms with Gasteiger partial charge in [0, 0.05) is 24.5 Å². The fraction of sp³-hybridized carbons (Fsp3) is 0.536. The van der Waals surface area contributed by atoms with E-state index in [1.807, 2.05) is 43.0 Å². The van der Waals surface area contributed by atoms with Crippen molar-refractivity contribution in [1.29, 1.82) is 0 Å². The van der Waals surface area contributed by atoms with Crippen LogP contribution in [0, 0.1) is 11.2 Å². The summed E-state index contributed by atoms with van der Waals surface area (Å²) in [6, 6.07) is 13.8. The van der Waals surface area contributed by atoms with Crippen molar-refractivity contribution < 1.29 is 13.9 Å². The molecule has 1 heterocycles. The Bertz CT molecular complexity index is 975. The van der Waals surface area contributed by atoms with E-state index in [0.717, 1.165) is 49.9 Å². The van der Waals surface area contributed by atoms with Gasteiger partial charge in [-0.3, -0.25) is 0 Å². The number of carbonyl (C=O) groups excluding carboxylic acids is 1. The van der Waals surface area contributed by atoms with Gasteiger partial charge in [0.2, 0.25) is 0 Å². The second-order valence-corrected chi connectivity index (χ2v) is 10.6. The predicted molar refractivity (Wildman–Crippen MR) is 145 cm³/mol. The van der Waals surface area contributed by atoms with Crippen molar-refractivity contribution >= 4 is 21.7 Å². The molecule has 0 saturated carbocycles. The van der Waals surface area contributed by atoms with E-state index >= 15 is 0 Å². The summed E-state index contributed by atoms with van der Waals surface area (Å²) in [5.74, 6) is 0.306. The Morgan fingerprint density at radius 1 is 1.08 bits per heavy atom. The number of hydrogen-bond donors (Lipinski definition) is 1. The summed E-state index contributed by atoms with van der Waals surface area (Å²) in [7, 11) is 14.7. The van der Waals surface area contributed by atoms with Crippen molar-refractivity contribution in [3.8, 4) is 5.75 Å². The summed E-state index contributed by atoms with van der Waals surface area (Å²) in [5.41, 5.74) is 1.45. The predicted octanol–water partition coefficient (Wildman–Crippen LogP) is 4.83. The Morgan fingerprint density at radius 3 is 2.25 bits per heavy atom. The van der Waals surface area contributed by atoms with E-state index in [0.29, 0.717) is 18.8 Å². The number of hydrogen-bond acceptors (Lipinski definition) is 3. The number of nitrogens with zero attached hydrogens (tertiary/aromatic N) is 2. The van der Waals surface area contributed by atoms with Crippen LogP contribution >= 0.6 is 0 Å². The average molecular weight is 489 g/mol. The van der Waals surface area contributed by atoms with Gasteiger partial charge in [-0.2, -0.15) is 0 Å². The zero-order valence-corrected chi connectivity index (χ0v) is 22.1. The maximum Gasteiger partial charge on any atom is 0.318 e. The van der Waals surface area contributed by atoms with Crippen molar-refractivity contribution in [3.63, 3.8) is 0 Å². The number of likely N-dealkylation sites (tertiary alicyclic amines) is 1.